The molecule has 5 nitrogen and oxygen atoms in total. The van der Waals surface area contributed by atoms with Gasteiger partial charge in [0, 0.05) is 19.6 Å². The number of amides is 1. The molecular weight excluding hydrogens is 316 g/mol. The fourth-order valence-corrected chi connectivity index (χ4v) is 3.14. The number of aliphatic hydroxyl groups excluding tert-OH is 1. The van der Waals surface area contributed by atoms with Crippen LogP contribution < -0.4 is 10.1 Å². The molecule has 0 bridgehead atoms. The zero-order chi connectivity index (χ0) is 17.6. The normalized spacial score (nSPS) is 19.3. The predicted molar refractivity (Wildman–Crippen MR) is 96.4 cm³/mol. The maximum Gasteiger partial charge on any atom is 0.242 e. The molecule has 2 aromatic rings. The summed E-state index contributed by atoms with van der Waals surface area (Å²) in [6.07, 6.45) is -0.670. The second-order valence-electron chi connectivity index (χ2n) is 6.33. The van der Waals surface area contributed by atoms with E-state index in [9.17, 15) is 9.90 Å². The minimum atomic E-state index is -0.670. The fraction of sp³-hybridized carbons (Fsp3) is 0.350. The Bertz CT molecular complexity index is 705. The Morgan fingerprint density at radius 3 is 2.68 bits per heavy atom. The number of hydrogen-bond donors (Lipinski definition) is 2. The molecule has 2 unspecified atom stereocenters. The number of carbonyl (C=O) groups is 1. The third kappa shape index (κ3) is 4.38. The third-order valence-electron chi connectivity index (χ3n) is 4.40. The number of aliphatic hydroxyl groups is 1. The van der Waals surface area contributed by atoms with E-state index < -0.39 is 6.10 Å². The summed E-state index contributed by atoms with van der Waals surface area (Å²) in [4.78, 5) is 14.4. The quantitative estimate of drug-likeness (QED) is 0.843. The maximum absolute atomic E-state index is 12.3. The molecule has 25 heavy (non-hydrogen) atoms. The molecule has 0 aliphatic carbocycles. The monoisotopic (exact) mass is 340 g/mol. The predicted octanol–water partition coefficient (Wildman–Crippen LogP) is 1.91. The first-order valence-electron chi connectivity index (χ1n) is 8.58. The van der Waals surface area contributed by atoms with E-state index >= 15 is 0 Å². The number of benzene rings is 2. The van der Waals surface area contributed by atoms with Crippen molar-refractivity contribution in [3.05, 3.63) is 65.7 Å². The van der Waals surface area contributed by atoms with Gasteiger partial charge in [0.2, 0.25) is 5.91 Å². The molecule has 1 aliphatic heterocycles. The molecule has 132 valence electrons. The summed E-state index contributed by atoms with van der Waals surface area (Å²) in [7, 11) is 0. The van der Waals surface area contributed by atoms with Crippen LogP contribution in [0, 0.1) is 6.92 Å². The standard InChI is InChI=1S/C20H24N2O3/c1-15-7-5-6-10-18(15)25-14-17(23)13-22-12-11-21-20(24)19(22)16-8-3-2-4-9-16/h2-10,17,19,23H,11-14H2,1H3,(H,21,24). The van der Waals surface area contributed by atoms with Crippen LogP contribution in [0.1, 0.15) is 17.2 Å². The first kappa shape index (κ1) is 17.5. The number of ether oxygens (including phenoxy) is 1. The molecule has 0 aromatic heterocycles. The van der Waals surface area contributed by atoms with Gasteiger partial charge in [0.05, 0.1) is 0 Å². The lowest BCUT2D eigenvalue weighted by Crippen LogP contribution is -2.52. The van der Waals surface area contributed by atoms with Crippen molar-refractivity contribution < 1.29 is 14.6 Å². The highest BCUT2D eigenvalue weighted by molar-refractivity contribution is 5.83. The molecule has 1 aliphatic rings. The highest BCUT2D eigenvalue weighted by atomic mass is 16.5. The summed E-state index contributed by atoms with van der Waals surface area (Å²) < 4.78 is 5.73. The zero-order valence-electron chi connectivity index (χ0n) is 14.4. The van der Waals surface area contributed by atoms with Gasteiger partial charge in [0.25, 0.3) is 0 Å². The summed E-state index contributed by atoms with van der Waals surface area (Å²) in [5, 5.41) is 13.3. The summed E-state index contributed by atoms with van der Waals surface area (Å²) in [5.74, 6) is 0.752. The van der Waals surface area contributed by atoms with Crippen LogP contribution in [-0.4, -0.2) is 48.3 Å². The molecule has 1 fully saturated rings. The topological polar surface area (TPSA) is 61.8 Å². The maximum atomic E-state index is 12.3. The van der Waals surface area contributed by atoms with Crippen LogP contribution in [0.2, 0.25) is 0 Å². The molecular formula is C20H24N2O3. The van der Waals surface area contributed by atoms with Crippen molar-refractivity contribution >= 4 is 5.91 Å². The van der Waals surface area contributed by atoms with E-state index in [-0.39, 0.29) is 18.6 Å². The molecule has 0 spiro atoms. The molecule has 2 atom stereocenters. The average molecular weight is 340 g/mol. The number of rotatable bonds is 6. The van der Waals surface area contributed by atoms with Gasteiger partial charge in [-0.2, -0.15) is 0 Å². The van der Waals surface area contributed by atoms with Crippen molar-refractivity contribution in [3.8, 4) is 5.75 Å². The molecule has 0 saturated carbocycles. The van der Waals surface area contributed by atoms with Gasteiger partial charge in [0.15, 0.2) is 0 Å². The Balaban J connectivity index is 1.63. The van der Waals surface area contributed by atoms with E-state index in [2.05, 4.69) is 5.32 Å². The lowest BCUT2D eigenvalue weighted by molar-refractivity contribution is -0.130. The number of carbonyl (C=O) groups excluding carboxylic acids is 1. The molecule has 1 amide bonds. The second-order valence-corrected chi connectivity index (χ2v) is 6.33. The lowest BCUT2D eigenvalue weighted by Gasteiger charge is -2.36. The average Bonchev–Trinajstić information content (AvgIpc) is 2.62. The number of nitrogens with zero attached hydrogens (tertiary/aromatic N) is 1. The Labute approximate surface area is 148 Å². The first-order valence-corrected chi connectivity index (χ1v) is 8.58. The van der Waals surface area contributed by atoms with Crippen molar-refractivity contribution in [1.82, 2.24) is 10.2 Å². The minimum Gasteiger partial charge on any atom is -0.491 e. The van der Waals surface area contributed by atoms with Gasteiger partial charge in [0.1, 0.15) is 24.5 Å². The highest BCUT2D eigenvalue weighted by Crippen LogP contribution is 2.23. The van der Waals surface area contributed by atoms with Crippen LogP contribution in [0.4, 0.5) is 0 Å². The van der Waals surface area contributed by atoms with Crippen LogP contribution in [0.5, 0.6) is 5.75 Å². The van der Waals surface area contributed by atoms with Crippen molar-refractivity contribution in [1.29, 1.82) is 0 Å². The van der Waals surface area contributed by atoms with Crippen molar-refractivity contribution in [3.63, 3.8) is 0 Å². The third-order valence-corrected chi connectivity index (χ3v) is 4.40. The van der Waals surface area contributed by atoms with E-state index in [0.29, 0.717) is 19.6 Å². The molecule has 5 heteroatoms. The van der Waals surface area contributed by atoms with Gasteiger partial charge in [-0.1, -0.05) is 48.5 Å². The first-order chi connectivity index (χ1) is 12.1. The lowest BCUT2D eigenvalue weighted by atomic mass is 10.0. The van der Waals surface area contributed by atoms with Crippen molar-refractivity contribution in [2.24, 2.45) is 0 Å². The summed E-state index contributed by atoms with van der Waals surface area (Å²) in [5.41, 5.74) is 1.97. The molecule has 3 rings (SSSR count). The number of para-hydroxylation sites is 1. The van der Waals surface area contributed by atoms with Gasteiger partial charge >= 0.3 is 0 Å². The van der Waals surface area contributed by atoms with Gasteiger partial charge in [-0.15, -0.1) is 0 Å². The number of hydrogen-bond acceptors (Lipinski definition) is 4. The zero-order valence-corrected chi connectivity index (χ0v) is 14.4. The number of piperazine rings is 1. The highest BCUT2D eigenvalue weighted by Gasteiger charge is 2.32. The fourth-order valence-electron chi connectivity index (χ4n) is 3.14. The van der Waals surface area contributed by atoms with E-state index in [1.807, 2.05) is 66.4 Å². The van der Waals surface area contributed by atoms with E-state index in [0.717, 1.165) is 16.9 Å². The number of nitrogens with one attached hydrogen (secondary N) is 1. The molecule has 0 radical (unpaired) electrons. The summed E-state index contributed by atoms with van der Waals surface area (Å²) >= 11 is 0. The Morgan fingerprint density at radius 2 is 1.92 bits per heavy atom. The Kier molecular flexibility index (Phi) is 5.68. The molecule has 1 saturated heterocycles. The second kappa shape index (κ2) is 8.14. The van der Waals surface area contributed by atoms with Gasteiger partial charge in [-0.3, -0.25) is 9.69 Å². The van der Waals surface area contributed by atoms with Gasteiger partial charge < -0.3 is 15.2 Å². The summed E-state index contributed by atoms with van der Waals surface area (Å²) in [6, 6.07) is 17.0. The van der Waals surface area contributed by atoms with Crippen LogP contribution in [0.3, 0.4) is 0 Å². The van der Waals surface area contributed by atoms with E-state index in [1.165, 1.54) is 0 Å². The van der Waals surface area contributed by atoms with Crippen molar-refractivity contribution in [2.75, 3.05) is 26.2 Å². The largest absolute Gasteiger partial charge is 0.491 e. The molecule has 2 aromatic carbocycles. The van der Waals surface area contributed by atoms with Crippen LogP contribution in [-0.2, 0) is 4.79 Å². The van der Waals surface area contributed by atoms with E-state index in [1.54, 1.807) is 0 Å². The van der Waals surface area contributed by atoms with Crippen LogP contribution in [0.25, 0.3) is 0 Å². The number of β-amino-alcohol motifs (C(OH)–C–C–N with tert-alkyl or cyclic N) is 1. The minimum absolute atomic E-state index is 0.0236. The van der Waals surface area contributed by atoms with Crippen molar-refractivity contribution in [2.45, 2.75) is 19.1 Å². The molecule has 1 heterocycles. The van der Waals surface area contributed by atoms with Gasteiger partial charge in [-0.05, 0) is 24.1 Å². The number of aryl methyl sites for hydroxylation is 1. The molecule has 2 N–H and O–H groups in total. The van der Waals surface area contributed by atoms with Crippen LogP contribution in [0.15, 0.2) is 54.6 Å². The Hall–Kier alpha value is -2.37. The van der Waals surface area contributed by atoms with E-state index in [4.69, 9.17) is 4.74 Å². The van der Waals surface area contributed by atoms with Crippen LogP contribution >= 0.6 is 0 Å². The Morgan fingerprint density at radius 1 is 1.20 bits per heavy atom. The smallest absolute Gasteiger partial charge is 0.242 e. The van der Waals surface area contributed by atoms with Gasteiger partial charge in [-0.25, -0.2) is 0 Å². The SMILES string of the molecule is Cc1ccccc1OCC(O)CN1CCNC(=O)C1c1ccccc1. The summed E-state index contributed by atoms with van der Waals surface area (Å²) in [6.45, 7) is 3.85.